The molecule has 0 unspecified atom stereocenters. The fourth-order valence-corrected chi connectivity index (χ4v) is 3.09. The molecule has 0 aromatic heterocycles. The lowest BCUT2D eigenvalue weighted by atomic mass is 10.1. The maximum Gasteiger partial charge on any atom is 0.251 e. The lowest BCUT2D eigenvalue weighted by Gasteiger charge is -2.17. The van der Waals surface area contributed by atoms with Crippen LogP contribution in [0.25, 0.3) is 10.8 Å². The smallest absolute Gasteiger partial charge is 0.251 e. The van der Waals surface area contributed by atoms with Crippen LogP contribution < -0.4 is 10.6 Å². The fraction of sp³-hybridized carbons (Fsp3) is 0.333. The SMILES string of the molecule is C=C/C(=C\C)C(=O)NCCCN(C)CCCNC(=O)c1ccc2ccccc2c1. The Kier molecular flexibility index (Phi) is 9.12. The fourth-order valence-electron chi connectivity index (χ4n) is 3.09. The minimum absolute atomic E-state index is 0.0388. The third-order valence-corrected chi connectivity index (χ3v) is 4.81. The number of fused-ring (bicyclic) bond motifs is 1. The van der Waals surface area contributed by atoms with Crippen LogP contribution in [0.15, 0.2) is 66.8 Å². The second-order valence-electron chi connectivity index (χ2n) is 7.03. The maximum atomic E-state index is 12.3. The number of amides is 2. The van der Waals surface area contributed by atoms with Crippen molar-refractivity contribution in [2.45, 2.75) is 19.8 Å². The van der Waals surface area contributed by atoms with E-state index in [2.05, 4.69) is 22.1 Å². The Morgan fingerprint density at radius 1 is 1.00 bits per heavy atom. The van der Waals surface area contributed by atoms with Gasteiger partial charge in [0.2, 0.25) is 0 Å². The molecule has 2 N–H and O–H groups in total. The van der Waals surface area contributed by atoms with Crippen molar-refractivity contribution in [3.8, 4) is 0 Å². The highest BCUT2D eigenvalue weighted by Gasteiger charge is 2.07. The minimum atomic E-state index is -0.0819. The molecule has 2 amide bonds. The first-order valence-electron chi connectivity index (χ1n) is 10.1. The Labute approximate surface area is 173 Å². The van der Waals surface area contributed by atoms with Gasteiger partial charge in [0.25, 0.3) is 11.8 Å². The average molecular weight is 394 g/mol. The molecule has 0 saturated carbocycles. The molecule has 0 bridgehead atoms. The number of carbonyl (C=O) groups is 2. The molecule has 0 fully saturated rings. The van der Waals surface area contributed by atoms with Crippen LogP contribution in [-0.4, -0.2) is 49.9 Å². The van der Waals surface area contributed by atoms with Gasteiger partial charge in [0.05, 0.1) is 0 Å². The van der Waals surface area contributed by atoms with Crippen LogP contribution in [0.4, 0.5) is 0 Å². The van der Waals surface area contributed by atoms with Crippen molar-refractivity contribution in [1.82, 2.24) is 15.5 Å². The van der Waals surface area contributed by atoms with Crippen molar-refractivity contribution in [1.29, 1.82) is 0 Å². The van der Waals surface area contributed by atoms with E-state index in [1.165, 1.54) is 0 Å². The molecule has 0 aliphatic carbocycles. The van der Waals surface area contributed by atoms with Crippen molar-refractivity contribution in [2.75, 3.05) is 33.2 Å². The molecule has 0 aliphatic rings. The first-order valence-corrected chi connectivity index (χ1v) is 10.1. The Morgan fingerprint density at radius 3 is 2.31 bits per heavy atom. The summed E-state index contributed by atoms with van der Waals surface area (Å²) in [6.45, 7) is 8.49. The summed E-state index contributed by atoms with van der Waals surface area (Å²) in [5.74, 6) is -0.121. The van der Waals surface area contributed by atoms with Crippen molar-refractivity contribution in [3.63, 3.8) is 0 Å². The normalized spacial score (nSPS) is 11.5. The van der Waals surface area contributed by atoms with Gasteiger partial charge in [0.15, 0.2) is 0 Å². The van der Waals surface area contributed by atoms with E-state index in [1.807, 2.05) is 56.4 Å². The van der Waals surface area contributed by atoms with Gasteiger partial charge in [0, 0.05) is 24.2 Å². The topological polar surface area (TPSA) is 61.4 Å². The van der Waals surface area contributed by atoms with Crippen LogP contribution in [-0.2, 0) is 4.79 Å². The summed E-state index contributed by atoms with van der Waals surface area (Å²) < 4.78 is 0. The van der Waals surface area contributed by atoms with E-state index in [1.54, 1.807) is 12.2 Å². The molecule has 5 nitrogen and oxygen atoms in total. The number of rotatable bonds is 11. The zero-order valence-corrected chi connectivity index (χ0v) is 17.4. The molecule has 0 heterocycles. The van der Waals surface area contributed by atoms with Crippen molar-refractivity contribution < 1.29 is 9.59 Å². The third kappa shape index (κ3) is 7.20. The Morgan fingerprint density at radius 2 is 1.66 bits per heavy atom. The highest BCUT2D eigenvalue weighted by molar-refractivity contribution is 5.98. The highest BCUT2D eigenvalue weighted by atomic mass is 16.2. The van der Waals surface area contributed by atoms with Gasteiger partial charge in [-0.05, 0) is 62.8 Å². The summed E-state index contributed by atoms with van der Waals surface area (Å²) >= 11 is 0. The van der Waals surface area contributed by atoms with E-state index in [-0.39, 0.29) is 11.8 Å². The largest absolute Gasteiger partial charge is 0.352 e. The molecule has 2 aromatic rings. The predicted octanol–water partition coefficient (Wildman–Crippen LogP) is 3.53. The zero-order chi connectivity index (χ0) is 21.1. The van der Waals surface area contributed by atoms with E-state index >= 15 is 0 Å². The van der Waals surface area contributed by atoms with Gasteiger partial charge in [-0.1, -0.05) is 49.1 Å². The number of hydrogen-bond donors (Lipinski definition) is 2. The van der Waals surface area contributed by atoms with E-state index < -0.39 is 0 Å². The molecule has 5 heteroatoms. The number of nitrogens with zero attached hydrogens (tertiary/aromatic N) is 1. The average Bonchev–Trinajstić information content (AvgIpc) is 2.74. The van der Waals surface area contributed by atoms with Gasteiger partial charge in [0.1, 0.15) is 0 Å². The van der Waals surface area contributed by atoms with Crippen LogP contribution in [0.1, 0.15) is 30.1 Å². The van der Waals surface area contributed by atoms with E-state index in [9.17, 15) is 9.59 Å². The molecule has 2 rings (SSSR count). The lowest BCUT2D eigenvalue weighted by molar-refractivity contribution is -0.117. The molecule has 2 aromatic carbocycles. The van der Waals surface area contributed by atoms with Crippen LogP contribution in [0.2, 0.25) is 0 Å². The first kappa shape index (κ1) is 22.4. The van der Waals surface area contributed by atoms with Crippen molar-refractivity contribution >= 4 is 22.6 Å². The standard InChI is InChI=1S/C24H31N3O2/c1-4-19(5-2)23(28)25-14-8-16-27(3)17-9-15-26-24(29)22-13-12-20-10-6-7-11-21(20)18-22/h4-7,10-13,18H,1,8-9,14-17H2,2-3H3,(H,25,28)(H,26,29)/b19-5+. The maximum absolute atomic E-state index is 12.3. The van der Waals surface area contributed by atoms with Gasteiger partial charge in [-0.25, -0.2) is 0 Å². The predicted molar refractivity (Wildman–Crippen MR) is 120 cm³/mol. The summed E-state index contributed by atoms with van der Waals surface area (Å²) in [5, 5.41) is 8.08. The number of hydrogen-bond acceptors (Lipinski definition) is 3. The highest BCUT2D eigenvalue weighted by Crippen LogP contribution is 2.15. The summed E-state index contributed by atoms with van der Waals surface area (Å²) in [7, 11) is 2.05. The third-order valence-electron chi connectivity index (χ3n) is 4.81. The Hall–Kier alpha value is -2.92. The van der Waals surface area contributed by atoms with Crippen LogP contribution in [0.5, 0.6) is 0 Å². The summed E-state index contributed by atoms with van der Waals surface area (Å²) in [5.41, 5.74) is 1.29. The molecule has 0 saturated heterocycles. The number of nitrogens with one attached hydrogen (secondary N) is 2. The quantitative estimate of drug-likeness (QED) is 0.349. The molecule has 0 radical (unpaired) electrons. The number of benzene rings is 2. The molecule has 154 valence electrons. The van der Waals surface area contributed by atoms with Gasteiger partial charge in [-0.3, -0.25) is 9.59 Å². The summed E-state index contributed by atoms with van der Waals surface area (Å²) in [6, 6.07) is 13.8. The molecular formula is C24H31N3O2. The van der Waals surface area contributed by atoms with Crippen molar-refractivity contribution in [3.05, 3.63) is 72.3 Å². The molecule has 0 aliphatic heterocycles. The van der Waals surface area contributed by atoms with Crippen LogP contribution in [0.3, 0.4) is 0 Å². The monoisotopic (exact) mass is 393 g/mol. The van der Waals surface area contributed by atoms with Gasteiger partial charge >= 0.3 is 0 Å². The first-order chi connectivity index (χ1) is 14.0. The zero-order valence-electron chi connectivity index (χ0n) is 17.4. The molecular weight excluding hydrogens is 362 g/mol. The van der Waals surface area contributed by atoms with Crippen LogP contribution >= 0.6 is 0 Å². The van der Waals surface area contributed by atoms with Gasteiger partial charge in [-0.2, -0.15) is 0 Å². The summed E-state index contributed by atoms with van der Waals surface area (Å²) in [6.07, 6.45) is 5.07. The molecule has 0 spiro atoms. The van der Waals surface area contributed by atoms with E-state index in [0.717, 1.165) is 36.7 Å². The second kappa shape index (κ2) is 11.8. The second-order valence-corrected chi connectivity index (χ2v) is 7.03. The number of allylic oxidation sites excluding steroid dienone is 1. The van der Waals surface area contributed by atoms with Gasteiger partial charge in [-0.15, -0.1) is 0 Å². The van der Waals surface area contributed by atoms with Crippen LogP contribution in [0, 0.1) is 0 Å². The molecule has 29 heavy (non-hydrogen) atoms. The lowest BCUT2D eigenvalue weighted by Crippen LogP contribution is -2.31. The Bertz CT molecular complexity index is 873. The Balaban J connectivity index is 1.62. The van der Waals surface area contributed by atoms with E-state index in [0.29, 0.717) is 24.2 Å². The van der Waals surface area contributed by atoms with Crippen molar-refractivity contribution in [2.24, 2.45) is 0 Å². The van der Waals surface area contributed by atoms with Gasteiger partial charge < -0.3 is 15.5 Å². The molecule has 0 atom stereocenters. The minimum Gasteiger partial charge on any atom is -0.352 e. The number of carbonyl (C=O) groups excluding carboxylic acids is 2. The summed E-state index contributed by atoms with van der Waals surface area (Å²) in [4.78, 5) is 26.4. The van der Waals surface area contributed by atoms with E-state index in [4.69, 9.17) is 0 Å².